The molecule has 1 heterocycles. The maximum absolute atomic E-state index is 11.2. The van der Waals surface area contributed by atoms with E-state index in [4.69, 9.17) is 0 Å². The van der Waals surface area contributed by atoms with Gasteiger partial charge >= 0.3 is 0 Å². The van der Waals surface area contributed by atoms with Crippen LogP contribution in [-0.4, -0.2) is 0 Å². The molecular formula is C11H10OS. The molecule has 0 aliphatic heterocycles. The summed E-state index contributed by atoms with van der Waals surface area (Å²) in [5.41, 5.74) is 2.27. The molecule has 66 valence electrons. The summed E-state index contributed by atoms with van der Waals surface area (Å²) < 4.78 is 1.22. The maximum Gasteiger partial charge on any atom is 0.233 e. The SMILES string of the molecule is Cc1ccc2c(C)cc(=O)sc2c1. The molecule has 0 amide bonds. The summed E-state index contributed by atoms with van der Waals surface area (Å²) in [6.07, 6.45) is 0. The van der Waals surface area contributed by atoms with Crippen LogP contribution in [0.3, 0.4) is 0 Å². The molecule has 1 nitrogen and oxygen atoms in total. The quantitative estimate of drug-likeness (QED) is 0.624. The first-order valence-corrected chi connectivity index (χ1v) is 4.99. The summed E-state index contributed by atoms with van der Waals surface area (Å²) in [4.78, 5) is 11.2. The summed E-state index contributed by atoms with van der Waals surface area (Å²) in [6.45, 7) is 4.02. The monoisotopic (exact) mass is 190 g/mol. The van der Waals surface area contributed by atoms with E-state index in [-0.39, 0.29) is 4.74 Å². The minimum absolute atomic E-state index is 0.135. The lowest BCUT2D eigenvalue weighted by Crippen LogP contribution is -1.93. The smallest absolute Gasteiger partial charge is 0.233 e. The Morgan fingerprint density at radius 1 is 1.15 bits per heavy atom. The van der Waals surface area contributed by atoms with Crippen LogP contribution in [0.4, 0.5) is 0 Å². The van der Waals surface area contributed by atoms with Crippen LogP contribution in [0.2, 0.25) is 0 Å². The number of benzene rings is 1. The molecule has 0 saturated heterocycles. The molecule has 0 fully saturated rings. The van der Waals surface area contributed by atoms with Crippen molar-refractivity contribution in [2.75, 3.05) is 0 Å². The standard InChI is InChI=1S/C11H10OS/c1-7-3-4-9-8(2)6-11(12)13-10(9)5-7/h3-6H,1-2H3. The molecule has 0 aliphatic rings. The van der Waals surface area contributed by atoms with Crippen LogP contribution in [0.5, 0.6) is 0 Å². The van der Waals surface area contributed by atoms with E-state index in [0.29, 0.717) is 0 Å². The van der Waals surface area contributed by atoms with Crippen molar-refractivity contribution in [2.24, 2.45) is 0 Å². The first kappa shape index (κ1) is 8.45. The topological polar surface area (TPSA) is 17.1 Å². The van der Waals surface area contributed by atoms with Gasteiger partial charge in [-0.25, -0.2) is 0 Å². The van der Waals surface area contributed by atoms with E-state index in [0.717, 1.165) is 10.3 Å². The number of hydrogen-bond donors (Lipinski definition) is 0. The molecule has 2 heteroatoms. The molecule has 0 aliphatic carbocycles. The van der Waals surface area contributed by atoms with Gasteiger partial charge in [-0.15, -0.1) is 0 Å². The number of rotatable bonds is 0. The summed E-state index contributed by atoms with van der Waals surface area (Å²) >= 11 is 1.31. The zero-order valence-corrected chi connectivity index (χ0v) is 8.44. The van der Waals surface area contributed by atoms with Gasteiger partial charge in [0.25, 0.3) is 0 Å². The molecule has 0 saturated carbocycles. The lowest BCUT2D eigenvalue weighted by Gasteiger charge is -2.00. The van der Waals surface area contributed by atoms with Gasteiger partial charge in [0, 0.05) is 4.70 Å². The Kier molecular flexibility index (Phi) is 1.93. The van der Waals surface area contributed by atoms with E-state index in [2.05, 4.69) is 18.2 Å². The average molecular weight is 190 g/mol. The highest BCUT2D eigenvalue weighted by Crippen LogP contribution is 2.20. The van der Waals surface area contributed by atoms with Crippen molar-refractivity contribution in [3.63, 3.8) is 0 Å². The van der Waals surface area contributed by atoms with Crippen molar-refractivity contribution in [2.45, 2.75) is 13.8 Å². The van der Waals surface area contributed by atoms with Crippen molar-refractivity contribution in [1.29, 1.82) is 0 Å². The van der Waals surface area contributed by atoms with Gasteiger partial charge in [-0.1, -0.05) is 23.5 Å². The van der Waals surface area contributed by atoms with Gasteiger partial charge in [0.2, 0.25) is 4.74 Å². The molecule has 2 rings (SSSR count). The second kappa shape index (κ2) is 2.96. The van der Waals surface area contributed by atoms with E-state index in [1.54, 1.807) is 6.07 Å². The molecule has 0 N–H and O–H groups in total. The summed E-state index contributed by atoms with van der Waals surface area (Å²) in [7, 11) is 0. The Hall–Kier alpha value is -1.15. The van der Waals surface area contributed by atoms with Crippen LogP contribution < -0.4 is 4.74 Å². The third kappa shape index (κ3) is 1.49. The molecular weight excluding hydrogens is 180 g/mol. The minimum atomic E-state index is 0.135. The number of aryl methyl sites for hydroxylation is 2. The predicted octanol–water partition coefficient (Wildman–Crippen LogP) is 2.88. The van der Waals surface area contributed by atoms with Gasteiger partial charge < -0.3 is 0 Å². The second-order valence-electron chi connectivity index (χ2n) is 3.25. The van der Waals surface area contributed by atoms with Crippen LogP contribution >= 0.6 is 11.3 Å². The molecule has 0 bridgehead atoms. The normalized spacial score (nSPS) is 10.6. The second-order valence-corrected chi connectivity index (χ2v) is 4.29. The fourth-order valence-electron chi connectivity index (χ4n) is 1.43. The minimum Gasteiger partial charge on any atom is -0.278 e. The highest BCUT2D eigenvalue weighted by molar-refractivity contribution is 7.16. The largest absolute Gasteiger partial charge is 0.278 e. The first-order valence-electron chi connectivity index (χ1n) is 4.18. The molecule has 1 aromatic heterocycles. The van der Waals surface area contributed by atoms with Crippen LogP contribution in [0.15, 0.2) is 29.1 Å². The van der Waals surface area contributed by atoms with E-state index < -0.39 is 0 Å². The maximum atomic E-state index is 11.2. The highest BCUT2D eigenvalue weighted by atomic mass is 32.1. The van der Waals surface area contributed by atoms with Crippen LogP contribution in [0.25, 0.3) is 10.1 Å². The molecule has 0 radical (unpaired) electrons. The highest BCUT2D eigenvalue weighted by Gasteiger charge is 1.99. The lowest BCUT2D eigenvalue weighted by atomic mass is 10.1. The zero-order valence-electron chi connectivity index (χ0n) is 7.63. The Bertz CT molecular complexity index is 511. The zero-order chi connectivity index (χ0) is 9.42. The van der Waals surface area contributed by atoms with Crippen LogP contribution in [-0.2, 0) is 0 Å². The molecule has 0 spiro atoms. The van der Waals surface area contributed by atoms with Crippen LogP contribution in [0.1, 0.15) is 11.1 Å². The Morgan fingerprint density at radius 2 is 1.92 bits per heavy atom. The van der Waals surface area contributed by atoms with E-state index in [1.165, 1.54) is 22.3 Å². The first-order chi connectivity index (χ1) is 6.16. The third-order valence-electron chi connectivity index (χ3n) is 2.11. The fourth-order valence-corrected chi connectivity index (χ4v) is 2.47. The Morgan fingerprint density at radius 3 is 2.69 bits per heavy atom. The van der Waals surface area contributed by atoms with Gasteiger partial charge in [0.15, 0.2) is 0 Å². The Labute approximate surface area is 80.7 Å². The van der Waals surface area contributed by atoms with Gasteiger partial charge in [-0.05, 0) is 42.5 Å². The van der Waals surface area contributed by atoms with Gasteiger partial charge in [0.05, 0.1) is 0 Å². The van der Waals surface area contributed by atoms with Crippen molar-refractivity contribution < 1.29 is 0 Å². The van der Waals surface area contributed by atoms with Crippen molar-refractivity contribution in [3.05, 3.63) is 44.9 Å². The van der Waals surface area contributed by atoms with Crippen molar-refractivity contribution >= 4 is 21.4 Å². The third-order valence-corrected chi connectivity index (χ3v) is 2.98. The molecule has 0 unspecified atom stereocenters. The summed E-state index contributed by atoms with van der Waals surface area (Å²) in [6, 6.07) is 7.92. The van der Waals surface area contributed by atoms with Gasteiger partial charge in [-0.2, -0.15) is 0 Å². The number of fused-ring (bicyclic) bond motifs is 1. The van der Waals surface area contributed by atoms with Crippen molar-refractivity contribution in [3.8, 4) is 0 Å². The summed E-state index contributed by atoms with van der Waals surface area (Å²) in [5.74, 6) is 0. The molecule has 13 heavy (non-hydrogen) atoms. The van der Waals surface area contributed by atoms with E-state index in [9.17, 15) is 4.79 Å². The molecule has 0 atom stereocenters. The average Bonchev–Trinajstić information content (AvgIpc) is 2.02. The van der Waals surface area contributed by atoms with Crippen LogP contribution in [0, 0.1) is 13.8 Å². The van der Waals surface area contributed by atoms with Crippen molar-refractivity contribution in [1.82, 2.24) is 0 Å². The lowest BCUT2D eigenvalue weighted by molar-refractivity contribution is 1.49. The fraction of sp³-hybridized carbons (Fsp3) is 0.182. The summed E-state index contributed by atoms with van der Waals surface area (Å²) in [5, 5.41) is 1.19. The molecule has 1 aromatic carbocycles. The number of hydrogen-bond acceptors (Lipinski definition) is 2. The van der Waals surface area contributed by atoms with Gasteiger partial charge in [0.1, 0.15) is 0 Å². The van der Waals surface area contributed by atoms with E-state index >= 15 is 0 Å². The molecule has 2 aromatic rings. The van der Waals surface area contributed by atoms with Gasteiger partial charge in [-0.3, -0.25) is 4.79 Å². The van der Waals surface area contributed by atoms with E-state index in [1.807, 2.05) is 13.8 Å². The Balaban J connectivity index is 2.94. The predicted molar refractivity (Wildman–Crippen MR) is 57.6 cm³/mol.